The molecular weight excluding hydrogens is 414 g/mol. The second-order valence-corrected chi connectivity index (χ2v) is 11.3. The molecule has 2 aromatic carbocycles. The molecule has 0 radical (unpaired) electrons. The number of hydrogen-bond acceptors (Lipinski definition) is 3. The second kappa shape index (κ2) is 8.03. The van der Waals surface area contributed by atoms with Gasteiger partial charge in [0.25, 0.3) is 0 Å². The third kappa shape index (κ3) is 4.02. The molecule has 0 saturated carbocycles. The highest BCUT2D eigenvalue weighted by Gasteiger charge is 2.23. The molecule has 0 saturated heterocycles. The number of thioether (sulfide) groups is 1. The minimum atomic E-state index is 0.668. The Balaban J connectivity index is 1.48. The number of nitrogens with zero attached hydrogens (tertiary/aromatic N) is 1. The van der Waals surface area contributed by atoms with Gasteiger partial charge in [-0.25, -0.2) is 0 Å². The summed E-state index contributed by atoms with van der Waals surface area (Å²) in [4.78, 5) is 5.11. The van der Waals surface area contributed by atoms with Crippen LogP contribution in [0.1, 0.15) is 41.3 Å². The van der Waals surface area contributed by atoms with Crippen LogP contribution in [0, 0.1) is 26.7 Å². The number of benzene rings is 2. The third-order valence-corrected chi connectivity index (χ3v) is 8.67. The highest BCUT2D eigenvalue weighted by Crippen LogP contribution is 2.46. The van der Waals surface area contributed by atoms with Crippen molar-refractivity contribution in [3.63, 3.8) is 0 Å². The van der Waals surface area contributed by atoms with Gasteiger partial charge in [-0.15, -0.1) is 11.3 Å². The molecule has 2 heterocycles. The number of allylic oxidation sites excluding steroid dienone is 4. The molecule has 1 unspecified atom stereocenters. The van der Waals surface area contributed by atoms with Crippen LogP contribution in [0.4, 0.5) is 5.69 Å². The first-order valence-electron chi connectivity index (χ1n) is 11.0. The van der Waals surface area contributed by atoms with Crippen LogP contribution in [0.3, 0.4) is 0 Å². The van der Waals surface area contributed by atoms with E-state index in [2.05, 4.69) is 94.3 Å². The zero-order chi connectivity index (χ0) is 21.7. The molecule has 0 fully saturated rings. The van der Waals surface area contributed by atoms with E-state index in [1.54, 1.807) is 0 Å². The van der Waals surface area contributed by atoms with E-state index in [0.717, 1.165) is 12.8 Å². The number of hydrogen-bond donors (Lipinski definition) is 0. The maximum Gasteiger partial charge on any atom is 0.0801 e. The quantitative estimate of drug-likeness (QED) is 0.390. The van der Waals surface area contributed by atoms with E-state index in [0.29, 0.717) is 5.92 Å². The highest BCUT2D eigenvalue weighted by molar-refractivity contribution is 8.03. The van der Waals surface area contributed by atoms with Crippen molar-refractivity contribution < 1.29 is 0 Å². The summed E-state index contributed by atoms with van der Waals surface area (Å²) in [7, 11) is 2.19. The summed E-state index contributed by atoms with van der Waals surface area (Å²) >= 11 is 3.82. The van der Waals surface area contributed by atoms with Gasteiger partial charge < -0.3 is 4.90 Å². The van der Waals surface area contributed by atoms with Crippen molar-refractivity contribution in [2.45, 2.75) is 45.4 Å². The van der Waals surface area contributed by atoms with Gasteiger partial charge in [-0.3, -0.25) is 0 Å². The van der Waals surface area contributed by atoms with Crippen molar-refractivity contribution in [3.05, 3.63) is 86.3 Å². The van der Waals surface area contributed by atoms with Gasteiger partial charge in [-0.05, 0) is 103 Å². The molecule has 1 aliphatic carbocycles. The predicted octanol–water partition coefficient (Wildman–Crippen LogP) is 8.65. The van der Waals surface area contributed by atoms with E-state index in [9.17, 15) is 0 Å². The summed E-state index contributed by atoms with van der Waals surface area (Å²) in [6, 6.07) is 13.6. The largest absolute Gasteiger partial charge is 0.338 e. The Kier molecular flexibility index (Phi) is 5.35. The fourth-order valence-corrected chi connectivity index (χ4v) is 7.17. The Hall–Kier alpha value is -2.23. The molecule has 2 aliphatic rings. The van der Waals surface area contributed by atoms with Crippen LogP contribution in [0.2, 0.25) is 0 Å². The van der Waals surface area contributed by atoms with Crippen molar-refractivity contribution in [1.29, 1.82) is 0 Å². The Morgan fingerprint density at radius 3 is 2.58 bits per heavy atom. The zero-order valence-electron chi connectivity index (χ0n) is 19.0. The molecule has 31 heavy (non-hydrogen) atoms. The fourth-order valence-electron chi connectivity index (χ4n) is 4.66. The van der Waals surface area contributed by atoms with Gasteiger partial charge in [0.15, 0.2) is 0 Å². The fraction of sp³-hybridized carbons (Fsp3) is 0.286. The third-order valence-electron chi connectivity index (χ3n) is 6.32. The van der Waals surface area contributed by atoms with Crippen LogP contribution >= 0.6 is 23.1 Å². The summed E-state index contributed by atoms with van der Waals surface area (Å²) in [5.74, 6) is 0.668. The summed E-state index contributed by atoms with van der Waals surface area (Å²) < 4.78 is 1.40. The summed E-state index contributed by atoms with van der Waals surface area (Å²) in [5, 5.41) is 2.73. The van der Waals surface area contributed by atoms with E-state index in [1.807, 2.05) is 23.1 Å². The normalized spacial score (nSPS) is 21.3. The van der Waals surface area contributed by atoms with E-state index in [1.165, 1.54) is 58.4 Å². The monoisotopic (exact) mass is 443 g/mol. The molecule has 1 aromatic heterocycles. The molecule has 0 spiro atoms. The molecule has 0 N–H and O–H groups in total. The first-order chi connectivity index (χ1) is 14.9. The van der Waals surface area contributed by atoms with E-state index >= 15 is 0 Å². The molecule has 0 bridgehead atoms. The van der Waals surface area contributed by atoms with Crippen molar-refractivity contribution in [2.24, 2.45) is 5.92 Å². The van der Waals surface area contributed by atoms with E-state index in [-0.39, 0.29) is 0 Å². The SMILES string of the molecule is Cc1ccc2c(c1)SC(=CC1=CC(=Cc3sc4cc(C)ccc4c3C)CC(C)C1)N2C. The van der Waals surface area contributed by atoms with E-state index in [4.69, 9.17) is 0 Å². The lowest BCUT2D eigenvalue weighted by Gasteiger charge is -2.21. The maximum atomic E-state index is 2.44. The van der Waals surface area contributed by atoms with Crippen molar-refractivity contribution in [3.8, 4) is 0 Å². The zero-order valence-corrected chi connectivity index (χ0v) is 20.6. The summed E-state index contributed by atoms with van der Waals surface area (Å²) in [6.45, 7) is 8.99. The highest BCUT2D eigenvalue weighted by atomic mass is 32.2. The van der Waals surface area contributed by atoms with Gasteiger partial charge in [0.1, 0.15) is 0 Å². The lowest BCUT2D eigenvalue weighted by Crippen LogP contribution is -2.11. The van der Waals surface area contributed by atoms with Gasteiger partial charge in [-0.1, -0.05) is 43.0 Å². The molecule has 158 valence electrons. The van der Waals surface area contributed by atoms with Gasteiger partial charge in [0.05, 0.1) is 10.7 Å². The smallest absolute Gasteiger partial charge is 0.0801 e. The Bertz CT molecular complexity index is 1270. The average Bonchev–Trinajstić information content (AvgIpc) is 3.17. The van der Waals surface area contributed by atoms with Crippen molar-refractivity contribution in [1.82, 2.24) is 0 Å². The predicted molar refractivity (Wildman–Crippen MR) is 139 cm³/mol. The molecule has 1 atom stereocenters. The van der Waals surface area contributed by atoms with Crippen LogP contribution in [-0.4, -0.2) is 7.05 Å². The number of fused-ring (bicyclic) bond motifs is 2. The molecule has 3 heteroatoms. The second-order valence-electron chi connectivity index (χ2n) is 9.16. The van der Waals surface area contributed by atoms with Gasteiger partial charge >= 0.3 is 0 Å². The standard InChI is InChI=1S/C28H29NS2/c1-17-6-8-23-20(4)25(30-26(23)12-17)15-21-10-19(3)11-22(14-21)16-28-29(5)24-9-7-18(2)13-27(24)31-28/h6-9,12-16,19H,10-11H2,1-5H3. The minimum absolute atomic E-state index is 0.668. The molecule has 3 aromatic rings. The molecule has 1 aliphatic heterocycles. The van der Waals surface area contributed by atoms with Crippen molar-refractivity contribution in [2.75, 3.05) is 11.9 Å². The van der Waals surface area contributed by atoms with Crippen LogP contribution in [-0.2, 0) is 0 Å². The Morgan fingerprint density at radius 2 is 1.74 bits per heavy atom. The van der Waals surface area contributed by atoms with Crippen LogP contribution in [0.5, 0.6) is 0 Å². The maximum absolute atomic E-state index is 2.44. The van der Waals surface area contributed by atoms with Crippen LogP contribution in [0.25, 0.3) is 16.2 Å². The average molecular weight is 444 g/mol. The van der Waals surface area contributed by atoms with Gasteiger partial charge in [0.2, 0.25) is 0 Å². The molecular formula is C28H29NS2. The molecule has 0 amide bonds. The summed E-state index contributed by atoms with van der Waals surface area (Å²) in [5.41, 5.74) is 8.29. The van der Waals surface area contributed by atoms with Gasteiger partial charge in [0, 0.05) is 21.5 Å². The number of rotatable bonds is 2. The lowest BCUT2D eigenvalue weighted by atomic mass is 9.86. The summed E-state index contributed by atoms with van der Waals surface area (Å²) in [6.07, 6.45) is 9.58. The lowest BCUT2D eigenvalue weighted by molar-refractivity contribution is 0.567. The first kappa shape index (κ1) is 20.7. The minimum Gasteiger partial charge on any atom is -0.338 e. The topological polar surface area (TPSA) is 3.24 Å². The first-order valence-corrected chi connectivity index (χ1v) is 12.7. The van der Waals surface area contributed by atoms with Crippen molar-refractivity contribution >= 4 is 44.9 Å². The van der Waals surface area contributed by atoms with E-state index < -0.39 is 0 Å². The number of anilines is 1. The Morgan fingerprint density at radius 1 is 0.968 bits per heavy atom. The molecule has 5 rings (SSSR count). The molecule has 1 nitrogen and oxygen atoms in total. The number of thiophene rings is 1. The Labute approximate surface area is 194 Å². The number of aryl methyl sites for hydroxylation is 3. The van der Waals surface area contributed by atoms with Gasteiger partial charge in [-0.2, -0.15) is 0 Å². The van der Waals surface area contributed by atoms with Crippen LogP contribution in [0.15, 0.2) is 69.6 Å². The van der Waals surface area contributed by atoms with Crippen LogP contribution < -0.4 is 4.90 Å².